The summed E-state index contributed by atoms with van der Waals surface area (Å²) in [4.78, 5) is 20.0. The van der Waals surface area contributed by atoms with Gasteiger partial charge < -0.3 is 20.1 Å². The van der Waals surface area contributed by atoms with Crippen LogP contribution in [0.25, 0.3) is 10.9 Å². The maximum absolute atomic E-state index is 12.8. The van der Waals surface area contributed by atoms with E-state index in [0.717, 1.165) is 24.2 Å². The third kappa shape index (κ3) is 2.29. The first kappa shape index (κ1) is 20.1. The summed E-state index contributed by atoms with van der Waals surface area (Å²) in [5.74, 6) is 0.152. The highest BCUT2D eigenvalue weighted by Crippen LogP contribution is 2.68. The molecule has 1 spiro atoms. The van der Waals surface area contributed by atoms with Gasteiger partial charge in [-0.15, -0.1) is 0 Å². The van der Waals surface area contributed by atoms with Gasteiger partial charge in [-0.1, -0.05) is 24.3 Å². The van der Waals surface area contributed by atoms with Crippen molar-refractivity contribution in [1.29, 1.82) is 0 Å². The molecule has 1 aromatic heterocycles. The van der Waals surface area contributed by atoms with E-state index in [2.05, 4.69) is 4.90 Å². The molecule has 178 valence electrons. The largest absolute Gasteiger partial charge is 0.504 e. The third-order valence-electron chi connectivity index (χ3n) is 9.45. The number of pyridine rings is 1. The van der Waals surface area contributed by atoms with Gasteiger partial charge in [-0.2, -0.15) is 0 Å². The van der Waals surface area contributed by atoms with Crippen LogP contribution in [0.3, 0.4) is 0 Å². The minimum atomic E-state index is -1.22. The molecule has 35 heavy (non-hydrogen) atoms. The number of phenols is 1. The van der Waals surface area contributed by atoms with Gasteiger partial charge in [-0.05, 0) is 61.4 Å². The van der Waals surface area contributed by atoms with Crippen LogP contribution in [0.4, 0.5) is 0 Å². The monoisotopic (exact) mass is 470 g/mol. The van der Waals surface area contributed by atoms with E-state index in [1.54, 1.807) is 12.1 Å². The van der Waals surface area contributed by atoms with Gasteiger partial charge in [0, 0.05) is 30.0 Å². The van der Waals surface area contributed by atoms with Crippen molar-refractivity contribution in [2.45, 2.75) is 55.3 Å². The van der Waals surface area contributed by atoms with Gasteiger partial charge in [0.2, 0.25) is 0 Å². The summed E-state index contributed by atoms with van der Waals surface area (Å²) >= 11 is 0. The first-order valence-electron chi connectivity index (χ1n) is 12.6. The fourth-order valence-electron chi connectivity index (χ4n) is 7.83. The Morgan fingerprint density at radius 3 is 2.83 bits per heavy atom. The Balaban J connectivity index is 1.44. The number of aromatic carboxylic acids is 1. The van der Waals surface area contributed by atoms with E-state index in [1.807, 2.05) is 24.3 Å². The number of hydrogen-bond acceptors (Lipinski definition) is 6. The lowest BCUT2D eigenvalue weighted by Gasteiger charge is -2.63. The molecular formula is C28H26N2O5. The van der Waals surface area contributed by atoms with Crippen LogP contribution in [0.5, 0.6) is 11.5 Å². The molecule has 4 atom stereocenters. The summed E-state index contributed by atoms with van der Waals surface area (Å²) in [6.45, 7) is 1.80. The molecule has 7 heteroatoms. The Labute approximate surface area is 202 Å². The molecule has 1 saturated carbocycles. The van der Waals surface area contributed by atoms with Crippen molar-refractivity contribution in [1.82, 2.24) is 9.88 Å². The van der Waals surface area contributed by atoms with E-state index in [4.69, 9.17) is 9.72 Å². The second-order valence-electron chi connectivity index (χ2n) is 11.1. The standard InChI is InChI=1S/C28H26N2O5/c31-19-8-7-15-11-20-28(34)12-17-21(26(32)33)16-3-1-2-4-18(16)29-23(17)25-27(28,22(15)24(19)35-25)9-10-30(20)13-14-5-6-14/h1-4,7-8,14,20,25,31,34H,5-6,9-13H2,(H,32,33)/t20-,25?,27-,28?/m0/s1. The number of aromatic hydroxyl groups is 1. The number of carboxylic acid groups (broad SMARTS) is 1. The number of hydrogen-bond donors (Lipinski definition) is 3. The topological polar surface area (TPSA) is 103 Å². The number of aliphatic hydroxyl groups is 1. The molecule has 2 fully saturated rings. The van der Waals surface area contributed by atoms with Crippen molar-refractivity contribution >= 4 is 16.9 Å². The molecule has 3 aromatic rings. The fourth-order valence-corrected chi connectivity index (χ4v) is 7.83. The Hall–Kier alpha value is -3.16. The van der Waals surface area contributed by atoms with Crippen molar-refractivity contribution in [3.05, 3.63) is 64.3 Å². The van der Waals surface area contributed by atoms with Crippen LogP contribution >= 0.6 is 0 Å². The van der Waals surface area contributed by atoms with Crippen LogP contribution in [-0.2, 0) is 18.3 Å². The van der Waals surface area contributed by atoms with E-state index >= 15 is 0 Å². The number of rotatable bonds is 3. The molecule has 5 aliphatic rings. The second kappa shape index (κ2) is 6.33. The maximum atomic E-state index is 12.8. The number of fused-ring (bicyclic) bond motifs is 3. The number of piperidine rings is 1. The highest BCUT2D eigenvalue weighted by Gasteiger charge is 2.73. The molecule has 0 amide bonds. The van der Waals surface area contributed by atoms with E-state index in [-0.39, 0.29) is 23.8 Å². The van der Waals surface area contributed by atoms with Gasteiger partial charge >= 0.3 is 5.97 Å². The number of carboxylic acids is 1. The van der Waals surface area contributed by atoms with Crippen molar-refractivity contribution in [3.8, 4) is 11.5 Å². The number of nitrogens with zero attached hydrogens (tertiary/aromatic N) is 2. The Morgan fingerprint density at radius 2 is 2.03 bits per heavy atom. The highest BCUT2D eigenvalue weighted by atomic mass is 16.5. The van der Waals surface area contributed by atoms with E-state index < -0.39 is 23.1 Å². The molecule has 2 aliphatic heterocycles. The second-order valence-corrected chi connectivity index (χ2v) is 11.1. The van der Waals surface area contributed by atoms with Crippen LogP contribution in [0.1, 0.15) is 58.1 Å². The van der Waals surface area contributed by atoms with E-state index in [9.17, 15) is 20.1 Å². The first-order valence-corrected chi connectivity index (χ1v) is 12.6. The molecule has 8 rings (SSSR count). The van der Waals surface area contributed by atoms with Gasteiger partial charge in [0.25, 0.3) is 0 Å². The lowest BCUT2D eigenvalue weighted by atomic mass is 9.48. The average molecular weight is 471 g/mol. The lowest BCUT2D eigenvalue weighted by molar-refractivity contribution is -0.173. The zero-order valence-corrected chi connectivity index (χ0v) is 19.2. The molecule has 2 aromatic carbocycles. The molecule has 7 nitrogen and oxygen atoms in total. The Kier molecular flexibility index (Phi) is 3.63. The molecule has 2 unspecified atom stereocenters. The molecular weight excluding hydrogens is 444 g/mol. The van der Waals surface area contributed by atoms with Crippen LogP contribution in [0, 0.1) is 5.92 Å². The smallest absolute Gasteiger partial charge is 0.336 e. The number of phenolic OH excluding ortho intramolecular Hbond substituents is 1. The Bertz CT molecular complexity index is 1470. The molecule has 2 bridgehead atoms. The summed E-state index contributed by atoms with van der Waals surface area (Å²) < 4.78 is 6.53. The van der Waals surface area contributed by atoms with E-state index in [1.165, 1.54) is 12.8 Å². The summed E-state index contributed by atoms with van der Waals surface area (Å²) in [5.41, 5.74) is 1.98. The van der Waals surface area contributed by atoms with Crippen LogP contribution < -0.4 is 4.74 Å². The zero-order valence-electron chi connectivity index (χ0n) is 19.2. The molecule has 3 aliphatic carbocycles. The third-order valence-corrected chi connectivity index (χ3v) is 9.45. The first-order chi connectivity index (χ1) is 16.9. The van der Waals surface area contributed by atoms with Gasteiger partial charge in [-0.25, -0.2) is 9.78 Å². The minimum Gasteiger partial charge on any atom is -0.504 e. The average Bonchev–Trinajstić information content (AvgIpc) is 3.57. The quantitative estimate of drug-likeness (QED) is 0.540. The lowest BCUT2D eigenvalue weighted by Crippen LogP contribution is -2.74. The zero-order chi connectivity index (χ0) is 23.7. The van der Waals surface area contributed by atoms with Crippen molar-refractivity contribution < 1.29 is 24.9 Å². The van der Waals surface area contributed by atoms with Crippen LogP contribution in [-0.4, -0.2) is 55.9 Å². The van der Waals surface area contributed by atoms with Crippen molar-refractivity contribution in [3.63, 3.8) is 0 Å². The van der Waals surface area contributed by atoms with Gasteiger partial charge in [0.05, 0.1) is 27.8 Å². The number of para-hydroxylation sites is 1. The van der Waals surface area contributed by atoms with Crippen LogP contribution in [0.2, 0.25) is 0 Å². The number of likely N-dealkylation sites (tertiary alicyclic amines) is 1. The van der Waals surface area contributed by atoms with Crippen LogP contribution in [0.15, 0.2) is 36.4 Å². The highest BCUT2D eigenvalue weighted by molar-refractivity contribution is 6.04. The molecule has 0 radical (unpaired) electrons. The molecule has 3 heterocycles. The SMILES string of the molecule is O=C(O)c1c2c(nc3ccccc13)C1Oc3c(O)ccc4c3[C@@]13CCN(CC1CC1)[C@@H](C4)C3(O)C2. The summed E-state index contributed by atoms with van der Waals surface area (Å²) in [6, 6.07) is 10.8. The normalized spacial score (nSPS) is 32.1. The van der Waals surface area contributed by atoms with Gasteiger partial charge in [0.1, 0.15) is 0 Å². The van der Waals surface area contributed by atoms with Gasteiger partial charge in [-0.3, -0.25) is 4.90 Å². The predicted octanol–water partition coefficient (Wildman–Crippen LogP) is 3.34. The summed E-state index contributed by atoms with van der Waals surface area (Å²) in [5, 5.41) is 34.5. The maximum Gasteiger partial charge on any atom is 0.336 e. The van der Waals surface area contributed by atoms with E-state index in [0.29, 0.717) is 46.7 Å². The minimum absolute atomic E-state index is 0.0644. The molecule has 1 saturated heterocycles. The number of benzene rings is 2. The summed E-state index contributed by atoms with van der Waals surface area (Å²) in [7, 11) is 0. The van der Waals surface area contributed by atoms with Crippen molar-refractivity contribution in [2.24, 2.45) is 5.92 Å². The fraction of sp³-hybridized carbons (Fsp3) is 0.429. The number of aromatic nitrogens is 1. The number of carbonyl (C=O) groups is 1. The molecule has 3 N–H and O–H groups in total. The predicted molar refractivity (Wildman–Crippen MR) is 127 cm³/mol. The Morgan fingerprint density at radius 1 is 1.20 bits per heavy atom. The van der Waals surface area contributed by atoms with Crippen molar-refractivity contribution in [2.75, 3.05) is 13.1 Å². The van der Waals surface area contributed by atoms with Gasteiger partial charge in [0.15, 0.2) is 17.6 Å². The summed E-state index contributed by atoms with van der Waals surface area (Å²) in [6.07, 6.45) is 3.36. The number of ether oxygens (including phenoxy) is 1.